The molecule has 0 amide bonds. The van der Waals surface area contributed by atoms with Gasteiger partial charge >= 0.3 is 0 Å². The molecule has 140 valence electrons. The Labute approximate surface area is 179 Å². The van der Waals surface area contributed by atoms with Crippen LogP contribution in [0.4, 0.5) is 0 Å². The van der Waals surface area contributed by atoms with Gasteiger partial charge in [-0.25, -0.2) is 4.98 Å². The summed E-state index contributed by atoms with van der Waals surface area (Å²) in [4.78, 5) is 16.6. The van der Waals surface area contributed by atoms with Gasteiger partial charge in [-0.05, 0) is 80.4 Å². The van der Waals surface area contributed by atoms with Crippen molar-refractivity contribution in [2.75, 3.05) is 0 Å². The van der Waals surface area contributed by atoms with Crippen LogP contribution in [0.3, 0.4) is 0 Å². The van der Waals surface area contributed by atoms with E-state index in [1.165, 1.54) is 0 Å². The van der Waals surface area contributed by atoms with Crippen molar-refractivity contribution < 1.29 is 0 Å². The van der Waals surface area contributed by atoms with Crippen LogP contribution in [0.5, 0.6) is 0 Å². The molecule has 0 fully saturated rings. The number of aromatic nitrogens is 4. The lowest BCUT2D eigenvalue weighted by molar-refractivity contribution is 0.543. The lowest BCUT2D eigenvalue weighted by Gasteiger charge is -2.15. The number of hydrogen-bond donors (Lipinski definition) is 2. The average Bonchev–Trinajstić information content (AvgIpc) is 3.38. The van der Waals surface area contributed by atoms with Gasteiger partial charge in [0.05, 0.1) is 27.1 Å². The van der Waals surface area contributed by atoms with Gasteiger partial charge in [0, 0.05) is 38.6 Å². The zero-order valence-corrected chi connectivity index (χ0v) is 18.6. The first-order valence-electron chi connectivity index (χ1n) is 9.11. The molecule has 0 unspecified atom stereocenters. The topological polar surface area (TPSA) is 57.4 Å². The highest BCUT2D eigenvalue weighted by molar-refractivity contribution is 9.11. The average molecular weight is 498 g/mol. The van der Waals surface area contributed by atoms with E-state index in [0.29, 0.717) is 0 Å². The molecular weight excluding hydrogens is 480 g/mol. The van der Waals surface area contributed by atoms with Crippen LogP contribution in [0.15, 0.2) is 45.3 Å². The summed E-state index contributed by atoms with van der Waals surface area (Å²) in [5.41, 5.74) is 8.00. The molecule has 2 aliphatic heterocycles. The van der Waals surface area contributed by atoms with Crippen molar-refractivity contribution in [1.29, 1.82) is 0 Å². The van der Waals surface area contributed by atoms with Gasteiger partial charge in [0.25, 0.3) is 0 Å². The molecule has 0 saturated heterocycles. The lowest BCUT2D eigenvalue weighted by atomic mass is 9.87. The van der Waals surface area contributed by atoms with Crippen LogP contribution in [0.25, 0.3) is 34.2 Å². The summed E-state index contributed by atoms with van der Waals surface area (Å²) >= 11 is 7.39. The van der Waals surface area contributed by atoms with Crippen molar-refractivity contribution in [2.45, 2.75) is 25.7 Å². The predicted octanol–water partition coefficient (Wildman–Crippen LogP) is 6.53. The van der Waals surface area contributed by atoms with E-state index in [9.17, 15) is 0 Å². The number of rotatable bonds is 0. The molecule has 0 saturated carbocycles. The maximum absolute atomic E-state index is 4.94. The van der Waals surface area contributed by atoms with E-state index in [1.54, 1.807) is 0 Å². The van der Waals surface area contributed by atoms with Crippen molar-refractivity contribution in [2.24, 2.45) is 0 Å². The summed E-state index contributed by atoms with van der Waals surface area (Å²) in [5.74, 6) is 0. The third-order valence-corrected chi connectivity index (χ3v) is 6.66. The number of hydrogen-bond acceptors (Lipinski definition) is 2. The quantitative estimate of drug-likeness (QED) is 0.290. The Morgan fingerprint density at radius 1 is 0.893 bits per heavy atom. The highest BCUT2D eigenvalue weighted by Gasteiger charge is 2.30. The molecule has 0 radical (unpaired) electrons. The van der Waals surface area contributed by atoms with Crippen molar-refractivity contribution in [3.8, 4) is 0 Å². The predicted molar refractivity (Wildman–Crippen MR) is 122 cm³/mol. The molecular formula is C22H18Br2N4. The summed E-state index contributed by atoms with van der Waals surface area (Å²) in [7, 11) is 0. The monoisotopic (exact) mass is 496 g/mol. The molecule has 2 N–H and O–H groups in total. The third-order valence-electron chi connectivity index (χ3n) is 5.14. The minimum Gasteiger partial charge on any atom is -0.355 e. The van der Waals surface area contributed by atoms with Crippen molar-refractivity contribution in [1.82, 2.24) is 19.9 Å². The van der Waals surface area contributed by atoms with Gasteiger partial charge in [-0.15, -0.1) is 0 Å². The van der Waals surface area contributed by atoms with Crippen molar-refractivity contribution in [3.63, 3.8) is 0 Å². The summed E-state index contributed by atoms with van der Waals surface area (Å²) < 4.78 is 1.97. The second kappa shape index (κ2) is 6.42. The van der Waals surface area contributed by atoms with Gasteiger partial charge in [-0.3, -0.25) is 4.98 Å². The van der Waals surface area contributed by atoms with Crippen LogP contribution < -0.4 is 0 Å². The zero-order valence-electron chi connectivity index (χ0n) is 15.5. The van der Waals surface area contributed by atoms with Crippen LogP contribution >= 0.6 is 31.9 Å². The fraction of sp³-hybridized carbons (Fsp3) is 0.182. The van der Waals surface area contributed by atoms with Gasteiger partial charge in [-0.2, -0.15) is 0 Å². The molecule has 3 aromatic rings. The third kappa shape index (κ3) is 3.14. The maximum atomic E-state index is 4.94. The fourth-order valence-electron chi connectivity index (χ4n) is 3.64. The molecule has 6 heteroatoms. The second-order valence-corrected chi connectivity index (χ2v) is 9.51. The number of H-pyrrole nitrogens is 2. The van der Waals surface area contributed by atoms with Crippen LogP contribution in [0.2, 0.25) is 0 Å². The molecule has 0 atom stereocenters. The maximum Gasteiger partial charge on any atom is 0.0798 e. The SMILES string of the molecule is CC1(C)Cc2nc1cc1ccc(cc3cc(Br)c(cc4nc(c2Br)C=C4)[nH]3)[nH]1. The van der Waals surface area contributed by atoms with Gasteiger partial charge in [0.1, 0.15) is 0 Å². The van der Waals surface area contributed by atoms with Gasteiger partial charge < -0.3 is 9.97 Å². The van der Waals surface area contributed by atoms with Gasteiger partial charge in [-0.1, -0.05) is 13.8 Å². The zero-order chi connectivity index (χ0) is 19.5. The van der Waals surface area contributed by atoms with Crippen LogP contribution in [0.1, 0.15) is 36.6 Å². The highest BCUT2D eigenvalue weighted by Crippen LogP contribution is 2.35. The minimum atomic E-state index is -0.0301. The van der Waals surface area contributed by atoms with Crippen LogP contribution in [-0.2, 0) is 11.8 Å². The Balaban J connectivity index is 1.90. The molecule has 5 heterocycles. The van der Waals surface area contributed by atoms with Crippen molar-refractivity contribution in [3.05, 3.63) is 68.1 Å². The molecule has 0 spiro atoms. The van der Waals surface area contributed by atoms with E-state index in [4.69, 9.17) is 9.97 Å². The smallest absolute Gasteiger partial charge is 0.0798 e. The summed E-state index contributed by atoms with van der Waals surface area (Å²) in [6.07, 6.45) is 4.93. The number of nitrogens with one attached hydrogen (secondary N) is 2. The minimum absolute atomic E-state index is 0.0301. The van der Waals surface area contributed by atoms with Crippen LogP contribution in [0, 0.1) is 0 Å². The first-order chi connectivity index (χ1) is 13.4. The molecule has 2 aliphatic rings. The van der Waals surface area contributed by atoms with Crippen LogP contribution in [-0.4, -0.2) is 19.9 Å². The molecule has 3 aromatic heterocycles. The molecule has 5 rings (SSSR count). The molecule has 0 aliphatic carbocycles. The number of nitrogens with zero attached hydrogens (tertiary/aromatic N) is 2. The van der Waals surface area contributed by atoms with Gasteiger partial charge in [0.15, 0.2) is 0 Å². The summed E-state index contributed by atoms with van der Waals surface area (Å²) in [6.45, 7) is 4.46. The molecule has 4 nitrogen and oxygen atoms in total. The Morgan fingerprint density at radius 2 is 1.68 bits per heavy atom. The Bertz CT molecular complexity index is 1290. The van der Waals surface area contributed by atoms with E-state index < -0.39 is 0 Å². The Hall–Kier alpha value is -2.18. The number of fused-ring (bicyclic) bond motifs is 8. The van der Waals surface area contributed by atoms with E-state index in [2.05, 4.69) is 86.0 Å². The highest BCUT2D eigenvalue weighted by atomic mass is 79.9. The molecule has 8 bridgehead atoms. The summed E-state index contributed by atoms with van der Waals surface area (Å²) in [5, 5.41) is 0. The van der Waals surface area contributed by atoms with E-state index in [0.717, 1.165) is 60.2 Å². The Morgan fingerprint density at radius 3 is 2.50 bits per heavy atom. The molecule has 0 aromatic carbocycles. The van der Waals surface area contributed by atoms with Crippen molar-refractivity contribution >= 4 is 66.1 Å². The fourth-order valence-corrected chi connectivity index (χ4v) is 4.55. The van der Waals surface area contributed by atoms with Gasteiger partial charge in [0.2, 0.25) is 0 Å². The summed E-state index contributed by atoms with van der Waals surface area (Å²) in [6, 6.07) is 12.5. The first kappa shape index (κ1) is 17.9. The molecule has 28 heavy (non-hydrogen) atoms. The Kier molecular flexibility index (Phi) is 4.10. The van der Waals surface area contributed by atoms with E-state index in [-0.39, 0.29) is 5.41 Å². The number of aromatic amines is 2. The van der Waals surface area contributed by atoms with E-state index in [1.807, 2.05) is 18.2 Å². The standard InChI is InChI=1S/C22H18Br2N4/c1-22(2)11-19-21(24)17-6-5-13(26-17)9-18-16(23)8-15(27-18)7-12-3-4-14(25-12)10-20(22)28-19/h3-10,25,27H,11H2,1-2H3. The second-order valence-electron chi connectivity index (χ2n) is 7.86. The normalized spacial score (nSPS) is 15.1. The lowest BCUT2D eigenvalue weighted by Crippen LogP contribution is -2.15. The first-order valence-corrected chi connectivity index (χ1v) is 10.7. The number of halogens is 2. The van der Waals surface area contributed by atoms with E-state index >= 15 is 0 Å². The largest absolute Gasteiger partial charge is 0.355 e.